The van der Waals surface area contributed by atoms with Gasteiger partial charge in [-0.2, -0.15) is 0 Å². The van der Waals surface area contributed by atoms with E-state index in [1.165, 1.54) is 5.56 Å². The zero-order valence-corrected chi connectivity index (χ0v) is 20.0. The third kappa shape index (κ3) is 6.70. The van der Waals surface area contributed by atoms with E-state index < -0.39 is 0 Å². The van der Waals surface area contributed by atoms with Crippen LogP contribution in [0.5, 0.6) is 0 Å². The van der Waals surface area contributed by atoms with Crippen LogP contribution < -0.4 is 15.5 Å². The molecular weight excluding hydrogens is 428 g/mol. The van der Waals surface area contributed by atoms with Crippen LogP contribution in [0.15, 0.2) is 54.7 Å². The highest BCUT2D eigenvalue weighted by molar-refractivity contribution is 5.79. The Kier molecular flexibility index (Phi) is 8.36. The number of carbonyl (C=O) groups is 2. The minimum Gasteiger partial charge on any atom is -0.355 e. The molecule has 3 amide bonds. The van der Waals surface area contributed by atoms with Crippen LogP contribution in [0.2, 0.25) is 0 Å². The molecule has 0 bridgehead atoms. The van der Waals surface area contributed by atoms with Crippen molar-refractivity contribution in [3.05, 3.63) is 60.3 Å². The Morgan fingerprint density at radius 1 is 1.03 bits per heavy atom. The molecule has 0 spiro atoms. The summed E-state index contributed by atoms with van der Waals surface area (Å²) < 4.78 is 0. The van der Waals surface area contributed by atoms with Gasteiger partial charge in [0.05, 0.1) is 0 Å². The molecule has 1 atom stereocenters. The second-order valence-electron chi connectivity index (χ2n) is 9.34. The molecule has 2 aromatic rings. The number of nitrogens with one attached hydrogen (secondary N) is 2. The number of urea groups is 1. The van der Waals surface area contributed by atoms with E-state index in [4.69, 9.17) is 0 Å². The first-order valence-corrected chi connectivity index (χ1v) is 12.3. The van der Waals surface area contributed by atoms with Gasteiger partial charge in [-0.1, -0.05) is 36.4 Å². The van der Waals surface area contributed by atoms with Crippen LogP contribution in [0.25, 0.3) is 0 Å². The number of hydrogen-bond donors (Lipinski definition) is 2. The van der Waals surface area contributed by atoms with Gasteiger partial charge in [-0.05, 0) is 44.0 Å². The van der Waals surface area contributed by atoms with Crippen LogP contribution in [-0.4, -0.2) is 79.1 Å². The summed E-state index contributed by atoms with van der Waals surface area (Å²) in [6.07, 6.45) is 4.14. The quantitative estimate of drug-likeness (QED) is 0.627. The number of hydrogen-bond acceptors (Lipinski definition) is 5. The molecule has 3 heterocycles. The van der Waals surface area contributed by atoms with Gasteiger partial charge in [0.2, 0.25) is 5.91 Å². The molecule has 0 radical (unpaired) electrons. The molecule has 8 heteroatoms. The van der Waals surface area contributed by atoms with Gasteiger partial charge in [0.15, 0.2) is 0 Å². The van der Waals surface area contributed by atoms with Crippen molar-refractivity contribution in [2.45, 2.75) is 31.8 Å². The molecule has 34 heavy (non-hydrogen) atoms. The molecule has 2 aliphatic heterocycles. The van der Waals surface area contributed by atoms with E-state index in [1.807, 2.05) is 41.3 Å². The first kappa shape index (κ1) is 24.0. The van der Waals surface area contributed by atoms with Gasteiger partial charge >= 0.3 is 6.03 Å². The van der Waals surface area contributed by atoms with Gasteiger partial charge in [0.25, 0.3) is 0 Å². The third-order valence-corrected chi connectivity index (χ3v) is 6.73. The van der Waals surface area contributed by atoms with Gasteiger partial charge in [-0.3, -0.25) is 4.79 Å². The Morgan fingerprint density at radius 3 is 2.53 bits per heavy atom. The summed E-state index contributed by atoms with van der Waals surface area (Å²) in [6.45, 7) is 5.22. The van der Waals surface area contributed by atoms with Crippen LogP contribution >= 0.6 is 0 Å². The Bertz CT molecular complexity index is 917. The van der Waals surface area contributed by atoms with Crippen molar-refractivity contribution in [1.82, 2.24) is 25.4 Å². The molecular formula is C26H36N6O2. The maximum absolute atomic E-state index is 12.7. The van der Waals surface area contributed by atoms with Crippen LogP contribution in [0.1, 0.15) is 24.8 Å². The van der Waals surface area contributed by atoms with Crippen molar-refractivity contribution in [3.63, 3.8) is 0 Å². The van der Waals surface area contributed by atoms with Crippen molar-refractivity contribution >= 4 is 17.8 Å². The highest BCUT2D eigenvalue weighted by atomic mass is 16.2. The summed E-state index contributed by atoms with van der Waals surface area (Å²) in [4.78, 5) is 36.0. The third-order valence-electron chi connectivity index (χ3n) is 6.73. The molecule has 1 aromatic heterocycles. The zero-order valence-electron chi connectivity index (χ0n) is 20.0. The molecule has 4 rings (SSSR count). The lowest BCUT2D eigenvalue weighted by Gasteiger charge is -2.32. The monoisotopic (exact) mass is 464 g/mol. The average molecular weight is 465 g/mol. The van der Waals surface area contributed by atoms with Crippen LogP contribution in [-0.2, 0) is 11.3 Å². The Labute approximate surface area is 202 Å². The average Bonchev–Trinajstić information content (AvgIpc) is 3.33. The number of rotatable bonds is 8. The van der Waals surface area contributed by atoms with Gasteiger partial charge < -0.3 is 25.3 Å². The Balaban J connectivity index is 1.12. The standard InChI is InChI=1S/C26H36N6O2/c1-30(19-21-7-3-2-4-8-21)18-14-28-25(33)22-10-15-31(16-11-22)26(34)29-23-12-17-32(20-23)24-9-5-6-13-27-24/h2-9,13,22-23H,10-12,14-20H2,1H3,(H,28,33)(H,29,34). The van der Waals surface area contributed by atoms with E-state index in [2.05, 4.69) is 44.6 Å². The normalized spacial score (nSPS) is 18.8. The summed E-state index contributed by atoms with van der Waals surface area (Å²) in [5, 5.41) is 6.25. The zero-order chi connectivity index (χ0) is 23.8. The lowest BCUT2D eigenvalue weighted by molar-refractivity contribution is -0.126. The lowest BCUT2D eigenvalue weighted by Crippen LogP contribution is -2.50. The molecule has 2 saturated heterocycles. The van der Waals surface area contributed by atoms with Crippen LogP contribution in [0.3, 0.4) is 0 Å². The second-order valence-corrected chi connectivity index (χ2v) is 9.34. The fourth-order valence-corrected chi connectivity index (χ4v) is 4.73. The summed E-state index contributed by atoms with van der Waals surface area (Å²) in [7, 11) is 2.07. The number of likely N-dealkylation sites (tertiary alicyclic amines) is 1. The van der Waals surface area contributed by atoms with Crippen LogP contribution in [0.4, 0.5) is 10.6 Å². The first-order chi connectivity index (χ1) is 16.6. The topological polar surface area (TPSA) is 80.8 Å². The predicted molar refractivity (Wildman–Crippen MR) is 133 cm³/mol. The minimum atomic E-state index is -0.0192. The smallest absolute Gasteiger partial charge is 0.317 e. The Morgan fingerprint density at radius 2 is 1.79 bits per heavy atom. The van der Waals surface area contributed by atoms with Crippen molar-refractivity contribution in [2.75, 3.05) is 51.2 Å². The number of nitrogens with zero attached hydrogens (tertiary/aromatic N) is 4. The highest BCUT2D eigenvalue weighted by Gasteiger charge is 2.30. The summed E-state index contributed by atoms with van der Waals surface area (Å²) in [5.74, 6) is 1.04. The molecule has 8 nitrogen and oxygen atoms in total. The van der Waals surface area contributed by atoms with Gasteiger partial charge in [-0.25, -0.2) is 9.78 Å². The number of aromatic nitrogens is 1. The number of carbonyl (C=O) groups excluding carboxylic acids is 2. The van der Waals surface area contributed by atoms with E-state index in [0.717, 1.165) is 38.4 Å². The molecule has 2 fully saturated rings. The molecule has 2 aliphatic rings. The molecule has 1 unspecified atom stereocenters. The highest BCUT2D eigenvalue weighted by Crippen LogP contribution is 2.20. The fraction of sp³-hybridized carbons (Fsp3) is 0.500. The first-order valence-electron chi connectivity index (χ1n) is 12.3. The summed E-state index contributed by atoms with van der Waals surface area (Å²) in [6, 6.07) is 16.3. The maximum Gasteiger partial charge on any atom is 0.317 e. The Hall–Kier alpha value is -3.13. The van der Waals surface area contributed by atoms with E-state index in [0.29, 0.717) is 32.5 Å². The maximum atomic E-state index is 12.7. The van der Waals surface area contributed by atoms with E-state index in [9.17, 15) is 9.59 Å². The van der Waals surface area contributed by atoms with E-state index >= 15 is 0 Å². The van der Waals surface area contributed by atoms with Crippen LogP contribution in [0, 0.1) is 5.92 Å². The number of piperidine rings is 1. The molecule has 0 aliphatic carbocycles. The van der Waals surface area contributed by atoms with Gasteiger partial charge in [-0.15, -0.1) is 0 Å². The molecule has 0 saturated carbocycles. The lowest BCUT2D eigenvalue weighted by atomic mass is 9.96. The largest absolute Gasteiger partial charge is 0.355 e. The van der Waals surface area contributed by atoms with Crippen molar-refractivity contribution < 1.29 is 9.59 Å². The second kappa shape index (κ2) is 11.8. The van der Waals surface area contributed by atoms with Crippen molar-refractivity contribution in [1.29, 1.82) is 0 Å². The van der Waals surface area contributed by atoms with Crippen molar-refractivity contribution in [3.8, 4) is 0 Å². The SMILES string of the molecule is CN(CCNC(=O)C1CCN(C(=O)NC2CCN(c3ccccn3)C2)CC1)Cc1ccccc1. The number of amides is 3. The minimum absolute atomic E-state index is 0.0189. The van der Waals surface area contributed by atoms with E-state index in [1.54, 1.807) is 6.20 Å². The fourth-order valence-electron chi connectivity index (χ4n) is 4.73. The number of pyridine rings is 1. The molecule has 2 N–H and O–H groups in total. The predicted octanol–water partition coefficient (Wildman–Crippen LogP) is 2.33. The summed E-state index contributed by atoms with van der Waals surface area (Å²) in [5.41, 5.74) is 1.27. The van der Waals surface area contributed by atoms with Gasteiger partial charge in [0.1, 0.15) is 5.82 Å². The number of likely N-dealkylation sites (N-methyl/N-ethyl adjacent to an activating group) is 1. The molecule has 1 aromatic carbocycles. The summed E-state index contributed by atoms with van der Waals surface area (Å²) >= 11 is 0. The molecule has 182 valence electrons. The van der Waals surface area contributed by atoms with E-state index in [-0.39, 0.29) is 23.9 Å². The van der Waals surface area contributed by atoms with Crippen molar-refractivity contribution in [2.24, 2.45) is 5.92 Å². The number of anilines is 1. The number of benzene rings is 1. The van der Waals surface area contributed by atoms with Gasteiger partial charge in [0, 0.05) is 64.0 Å².